The predicted octanol–water partition coefficient (Wildman–Crippen LogP) is 15.8. The van der Waals surface area contributed by atoms with Gasteiger partial charge in [0.2, 0.25) is 6.69 Å². The second-order valence-electron chi connectivity index (χ2n) is 13.2. The van der Waals surface area contributed by atoms with Crippen LogP contribution in [0.15, 0.2) is 0 Å². The maximum Gasteiger partial charge on any atom is 0.248 e. The van der Waals surface area contributed by atoms with Gasteiger partial charge in [-0.15, -0.1) is 22.2 Å². The van der Waals surface area contributed by atoms with Crippen LogP contribution >= 0.6 is 38.1 Å². The Balaban J connectivity index is 3.04. The minimum Gasteiger partial charge on any atom is -0.146 e. The van der Waals surface area contributed by atoms with E-state index >= 15 is 0 Å². The van der Waals surface area contributed by atoms with E-state index in [-0.39, 0.29) is 0 Å². The van der Waals surface area contributed by atoms with E-state index in [1.54, 1.807) is 0 Å². The molecule has 0 aromatic heterocycles. The Kier molecular flexibility index (Phi) is 35.9. The van der Waals surface area contributed by atoms with Gasteiger partial charge in [0.25, 0.3) is 0 Å². The van der Waals surface area contributed by atoms with Crippen molar-refractivity contribution in [2.45, 2.75) is 224 Å². The lowest BCUT2D eigenvalue weighted by Crippen LogP contribution is -2.11. The largest absolute Gasteiger partial charge is 0.248 e. The summed E-state index contributed by atoms with van der Waals surface area (Å²) >= 11 is 15.8. The van der Waals surface area contributed by atoms with Crippen molar-refractivity contribution in [3.8, 4) is 0 Å². The molecule has 0 aromatic rings. The fourth-order valence-corrected chi connectivity index (χ4v) is 8.08. The third-order valence-corrected chi connectivity index (χ3v) is 11.7. The number of hydrogen-bond acceptors (Lipinski definition) is 0. The summed E-state index contributed by atoms with van der Waals surface area (Å²) in [6.07, 6.45) is 47.9. The zero-order valence-corrected chi connectivity index (χ0v) is 31.5. The van der Waals surface area contributed by atoms with Crippen LogP contribution in [0.4, 0.5) is 0 Å². The molecule has 0 saturated heterocycles. The molecule has 40 heavy (non-hydrogen) atoms. The van der Waals surface area contributed by atoms with Crippen LogP contribution in [0.25, 0.3) is 0 Å². The normalized spacial score (nSPS) is 12.0. The molecule has 0 heterocycles. The summed E-state index contributed by atoms with van der Waals surface area (Å²) in [5.74, 6) is 0. The molecule has 0 aliphatic carbocycles. The molecule has 0 spiro atoms. The second-order valence-corrected chi connectivity index (χ2v) is 22.2. The van der Waals surface area contributed by atoms with E-state index in [0.717, 1.165) is 6.04 Å². The average molecular weight is 685 g/mol. The van der Waals surface area contributed by atoms with Gasteiger partial charge in [0.1, 0.15) is 0 Å². The fourth-order valence-electron chi connectivity index (χ4n) is 6.01. The average Bonchev–Trinajstić information content (AvgIpc) is 2.92. The summed E-state index contributed by atoms with van der Waals surface area (Å²) in [7, 11) is 0. The van der Waals surface area contributed by atoms with Crippen LogP contribution in [0.1, 0.15) is 212 Å². The molecule has 0 unspecified atom stereocenters. The molecule has 0 N–H and O–H groups in total. The molecule has 242 valence electrons. The van der Waals surface area contributed by atoms with E-state index in [0.29, 0.717) is 0 Å². The van der Waals surface area contributed by atoms with Gasteiger partial charge in [-0.25, -0.2) is 0 Å². The predicted molar refractivity (Wildman–Crippen MR) is 194 cm³/mol. The monoisotopic (exact) mass is 682 g/mol. The lowest BCUT2D eigenvalue weighted by atomic mass is 10.0. The smallest absolute Gasteiger partial charge is 0.146 e. The van der Waals surface area contributed by atoms with Crippen LogP contribution in [0.3, 0.4) is 0 Å². The van der Waals surface area contributed by atoms with Crippen molar-refractivity contribution >= 4 is 44.8 Å². The summed E-state index contributed by atoms with van der Waals surface area (Å²) < 4.78 is 0. The van der Waals surface area contributed by atoms with Gasteiger partial charge < -0.3 is 0 Å². The molecule has 0 aromatic carbocycles. The van der Waals surface area contributed by atoms with Crippen molar-refractivity contribution in [1.29, 1.82) is 0 Å². The van der Waals surface area contributed by atoms with Crippen LogP contribution in [-0.4, -0.2) is 12.0 Å². The highest BCUT2D eigenvalue weighted by Crippen LogP contribution is 2.23. The quantitative estimate of drug-likeness (QED) is 0.0270. The summed E-state index contributed by atoms with van der Waals surface area (Å²) in [5.41, 5.74) is 0. The third-order valence-electron chi connectivity index (χ3n) is 8.75. The molecular weight excluding hydrogens is 611 g/mol. The van der Waals surface area contributed by atoms with Crippen molar-refractivity contribution in [2.24, 2.45) is 0 Å². The van der Waals surface area contributed by atoms with E-state index in [1.165, 1.54) is 217 Å². The zero-order chi connectivity index (χ0) is 29.2. The van der Waals surface area contributed by atoms with Crippen molar-refractivity contribution in [3.05, 3.63) is 0 Å². The first-order valence-electron chi connectivity index (χ1n) is 18.5. The third kappa shape index (κ3) is 39.3. The van der Waals surface area contributed by atoms with Crippen LogP contribution in [0, 0.1) is 0 Å². The van der Waals surface area contributed by atoms with Gasteiger partial charge >= 0.3 is 0 Å². The molecule has 0 aliphatic heterocycles. The van der Waals surface area contributed by atoms with Crippen molar-refractivity contribution in [3.63, 3.8) is 0 Å². The van der Waals surface area contributed by atoms with Crippen LogP contribution in [0.2, 0.25) is 12.6 Å². The lowest BCUT2D eigenvalue weighted by Gasteiger charge is -2.09. The SMILES string of the molecule is C[Si](Cl)(Cl)CCCCCCCCCCCCCCCCCCCCCCCCCCCCCCCCCCCBr. The number of alkyl halides is 1. The first kappa shape index (κ1) is 41.3. The van der Waals surface area contributed by atoms with Gasteiger partial charge in [0.15, 0.2) is 0 Å². The minimum absolute atomic E-state index is 1.06. The molecule has 0 bridgehead atoms. The molecule has 0 atom stereocenters. The highest BCUT2D eigenvalue weighted by molar-refractivity contribution is 9.09. The molecule has 4 heteroatoms. The van der Waals surface area contributed by atoms with Crippen LogP contribution in [-0.2, 0) is 0 Å². The van der Waals surface area contributed by atoms with Gasteiger partial charge in [-0.05, 0) is 19.0 Å². The number of unbranched alkanes of at least 4 members (excludes halogenated alkanes) is 32. The molecular formula is C36H73BrCl2Si. The van der Waals surface area contributed by atoms with E-state index in [4.69, 9.17) is 22.2 Å². The van der Waals surface area contributed by atoms with Gasteiger partial charge in [-0.3, -0.25) is 0 Å². The lowest BCUT2D eigenvalue weighted by molar-refractivity contribution is 0.512. The Hall–Kier alpha value is 1.28. The molecule has 0 amide bonds. The molecule has 0 aliphatic rings. The summed E-state index contributed by atoms with van der Waals surface area (Å²) in [6, 6.07) is 1.06. The molecule has 0 rings (SSSR count). The first-order valence-corrected chi connectivity index (χ1v) is 24.4. The molecule has 0 saturated carbocycles. The fraction of sp³-hybridized carbons (Fsp3) is 1.00. The Morgan fingerprint density at radius 2 is 0.450 bits per heavy atom. The van der Waals surface area contributed by atoms with Crippen LogP contribution < -0.4 is 0 Å². The molecule has 0 nitrogen and oxygen atoms in total. The van der Waals surface area contributed by atoms with Gasteiger partial charge in [-0.2, -0.15) is 0 Å². The van der Waals surface area contributed by atoms with E-state index in [9.17, 15) is 0 Å². The summed E-state index contributed by atoms with van der Waals surface area (Å²) in [6.45, 7) is 0.202. The Morgan fingerprint density at radius 1 is 0.300 bits per heavy atom. The number of hydrogen-bond donors (Lipinski definition) is 0. The van der Waals surface area contributed by atoms with E-state index < -0.39 is 6.69 Å². The number of rotatable bonds is 35. The Morgan fingerprint density at radius 3 is 0.600 bits per heavy atom. The van der Waals surface area contributed by atoms with E-state index in [2.05, 4.69) is 15.9 Å². The molecule has 0 radical (unpaired) electrons. The standard InChI is InChI=1S/C36H73BrCl2Si/c1-40(38,39)36-34-32-30-28-26-24-22-20-18-16-14-12-10-8-6-4-2-3-5-7-9-11-13-15-17-19-21-23-25-27-29-31-33-35-37/h2-36H2,1H3. The first-order chi connectivity index (χ1) is 19.6. The minimum atomic E-state index is -1.84. The van der Waals surface area contributed by atoms with Gasteiger partial charge in [-0.1, -0.05) is 221 Å². The van der Waals surface area contributed by atoms with E-state index in [1.807, 2.05) is 6.55 Å². The maximum atomic E-state index is 6.16. The number of halogens is 3. The van der Waals surface area contributed by atoms with Gasteiger partial charge in [0, 0.05) is 5.33 Å². The Bertz CT molecular complexity index is 455. The highest BCUT2D eigenvalue weighted by atomic mass is 79.9. The molecule has 0 fully saturated rings. The summed E-state index contributed by atoms with van der Waals surface area (Å²) in [4.78, 5) is 0. The second kappa shape index (κ2) is 34.8. The Labute approximate surface area is 273 Å². The van der Waals surface area contributed by atoms with Crippen molar-refractivity contribution in [2.75, 3.05) is 5.33 Å². The topological polar surface area (TPSA) is 0 Å². The maximum absolute atomic E-state index is 6.16. The highest BCUT2D eigenvalue weighted by Gasteiger charge is 2.19. The zero-order valence-electron chi connectivity index (χ0n) is 27.4. The van der Waals surface area contributed by atoms with Gasteiger partial charge in [0.05, 0.1) is 0 Å². The van der Waals surface area contributed by atoms with Crippen LogP contribution in [0.5, 0.6) is 0 Å². The summed E-state index contributed by atoms with van der Waals surface area (Å²) in [5, 5.41) is 1.18. The van der Waals surface area contributed by atoms with Crippen molar-refractivity contribution in [1.82, 2.24) is 0 Å². The van der Waals surface area contributed by atoms with Crippen molar-refractivity contribution < 1.29 is 0 Å².